The lowest BCUT2D eigenvalue weighted by molar-refractivity contribution is 0.0917. The van der Waals surface area contributed by atoms with Gasteiger partial charge in [0.25, 0.3) is 11.5 Å². The SMILES string of the molecule is CN(C)Cc1cccc(-c2cccc(-n3c(=O)n(C4CCC(NC(=O)c5cn6cc(F)ccc6n5)CC4)c(=O)c4cc(F)cnc43)c2)c1. The highest BCUT2D eigenvalue weighted by atomic mass is 19.1. The molecular formula is C36H33F2N7O3. The number of hydrogen-bond acceptors (Lipinski definition) is 6. The molecule has 12 heteroatoms. The number of aromatic nitrogens is 5. The van der Waals surface area contributed by atoms with Crippen LogP contribution in [-0.4, -0.2) is 54.4 Å². The molecule has 2 aromatic carbocycles. The van der Waals surface area contributed by atoms with E-state index in [1.807, 2.05) is 44.4 Å². The average Bonchev–Trinajstić information content (AvgIpc) is 3.49. The van der Waals surface area contributed by atoms with Crippen molar-refractivity contribution in [3.8, 4) is 16.8 Å². The lowest BCUT2D eigenvalue weighted by Crippen LogP contribution is -2.45. The summed E-state index contributed by atoms with van der Waals surface area (Å²) in [5, 5.41) is 2.99. The first kappa shape index (κ1) is 31.1. The number of halogens is 2. The van der Waals surface area contributed by atoms with Gasteiger partial charge in [0.05, 0.1) is 17.3 Å². The van der Waals surface area contributed by atoms with Crippen molar-refractivity contribution in [2.24, 2.45) is 0 Å². The van der Waals surface area contributed by atoms with Gasteiger partial charge in [0.1, 0.15) is 23.0 Å². The third kappa shape index (κ3) is 6.02. The third-order valence-corrected chi connectivity index (χ3v) is 8.80. The summed E-state index contributed by atoms with van der Waals surface area (Å²) in [4.78, 5) is 51.6. The highest BCUT2D eigenvalue weighted by Crippen LogP contribution is 2.29. The van der Waals surface area contributed by atoms with Crippen LogP contribution in [0.1, 0.15) is 47.8 Å². The van der Waals surface area contributed by atoms with E-state index in [-0.39, 0.29) is 28.7 Å². The predicted molar refractivity (Wildman–Crippen MR) is 178 cm³/mol. The first-order chi connectivity index (χ1) is 23.1. The molecule has 1 saturated carbocycles. The van der Waals surface area contributed by atoms with Crippen molar-refractivity contribution in [3.63, 3.8) is 0 Å². The molecule has 244 valence electrons. The van der Waals surface area contributed by atoms with Crippen molar-refractivity contribution in [2.45, 2.75) is 44.3 Å². The maximum atomic E-state index is 14.5. The second-order valence-electron chi connectivity index (χ2n) is 12.5. The van der Waals surface area contributed by atoms with Gasteiger partial charge >= 0.3 is 5.69 Å². The monoisotopic (exact) mass is 649 g/mol. The molecule has 7 rings (SSSR count). The summed E-state index contributed by atoms with van der Waals surface area (Å²) in [6, 6.07) is 18.8. The standard InChI is InChI=1S/C36H33F2N7O3/c1-42(2)19-22-5-3-6-23(15-22)24-7-4-8-29(16-24)44-33-30(17-26(38)18-39-33)35(47)45(36(44)48)28-12-10-27(11-13-28)40-34(46)31-21-43-20-25(37)9-14-32(43)41-31/h3-9,14-18,20-21,27-28H,10-13,19H2,1-2H3,(H,40,46). The second-order valence-corrected chi connectivity index (χ2v) is 12.5. The Bertz CT molecular complexity index is 2300. The van der Waals surface area contributed by atoms with E-state index >= 15 is 0 Å². The number of nitrogens with zero attached hydrogens (tertiary/aromatic N) is 6. The van der Waals surface area contributed by atoms with Crippen molar-refractivity contribution in [3.05, 3.63) is 129 Å². The number of nitrogens with one attached hydrogen (secondary N) is 1. The molecule has 0 spiro atoms. The van der Waals surface area contributed by atoms with Gasteiger partial charge < -0.3 is 14.6 Å². The van der Waals surface area contributed by atoms with E-state index in [0.29, 0.717) is 37.0 Å². The number of carbonyl (C=O) groups is 1. The van der Waals surface area contributed by atoms with E-state index in [9.17, 15) is 23.2 Å². The molecule has 1 N–H and O–H groups in total. The Morgan fingerprint density at radius 2 is 1.67 bits per heavy atom. The fourth-order valence-corrected chi connectivity index (χ4v) is 6.59. The number of hydrogen-bond donors (Lipinski definition) is 1. The summed E-state index contributed by atoms with van der Waals surface area (Å²) in [6.07, 6.45) is 5.60. The van der Waals surface area contributed by atoms with Crippen LogP contribution in [0.2, 0.25) is 0 Å². The lowest BCUT2D eigenvalue weighted by atomic mass is 9.90. The van der Waals surface area contributed by atoms with Crippen LogP contribution in [0.3, 0.4) is 0 Å². The fourth-order valence-electron chi connectivity index (χ4n) is 6.59. The van der Waals surface area contributed by atoms with Gasteiger partial charge in [-0.2, -0.15) is 0 Å². The van der Waals surface area contributed by atoms with Gasteiger partial charge in [-0.3, -0.25) is 14.2 Å². The molecule has 10 nitrogen and oxygen atoms in total. The van der Waals surface area contributed by atoms with Crippen LogP contribution in [0.5, 0.6) is 0 Å². The zero-order valence-electron chi connectivity index (χ0n) is 26.4. The zero-order valence-corrected chi connectivity index (χ0v) is 26.4. The summed E-state index contributed by atoms with van der Waals surface area (Å²) in [5.74, 6) is -1.50. The van der Waals surface area contributed by atoms with Crippen LogP contribution >= 0.6 is 0 Å². The Hall–Kier alpha value is -5.49. The highest BCUT2D eigenvalue weighted by molar-refractivity contribution is 5.93. The minimum Gasteiger partial charge on any atom is -0.348 e. The Balaban J connectivity index is 1.19. The average molecular weight is 650 g/mol. The molecule has 0 saturated heterocycles. The quantitative estimate of drug-likeness (QED) is 0.258. The number of carbonyl (C=O) groups excluding carboxylic acids is 1. The molecule has 1 amide bonds. The maximum Gasteiger partial charge on any atom is 0.337 e. The zero-order chi connectivity index (χ0) is 33.5. The molecule has 4 heterocycles. The van der Waals surface area contributed by atoms with Crippen molar-refractivity contribution in [1.82, 2.24) is 33.7 Å². The van der Waals surface area contributed by atoms with Gasteiger partial charge in [0.15, 0.2) is 5.65 Å². The molecule has 1 aliphatic carbocycles. The summed E-state index contributed by atoms with van der Waals surface area (Å²) < 4.78 is 32.1. The Labute approximate surface area is 273 Å². The van der Waals surface area contributed by atoms with Gasteiger partial charge in [-0.1, -0.05) is 30.3 Å². The topological polar surface area (TPSA) is 107 Å². The molecule has 0 bridgehead atoms. The summed E-state index contributed by atoms with van der Waals surface area (Å²) in [7, 11) is 4.01. The first-order valence-electron chi connectivity index (χ1n) is 15.8. The highest BCUT2D eigenvalue weighted by Gasteiger charge is 2.28. The number of rotatable bonds is 7. The number of fused-ring (bicyclic) bond motifs is 2. The van der Waals surface area contributed by atoms with Crippen molar-refractivity contribution in [2.75, 3.05) is 14.1 Å². The summed E-state index contributed by atoms with van der Waals surface area (Å²) in [5.41, 5.74) is 3.01. The van der Waals surface area contributed by atoms with Gasteiger partial charge in [0.2, 0.25) is 0 Å². The number of imidazole rings is 1. The first-order valence-corrected chi connectivity index (χ1v) is 15.8. The van der Waals surface area contributed by atoms with Gasteiger partial charge in [-0.05, 0) is 92.9 Å². The maximum absolute atomic E-state index is 14.5. The molecule has 6 aromatic rings. The lowest BCUT2D eigenvalue weighted by Gasteiger charge is -2.30. The van der Waals surface area contributed by atoms with Crippen LogP contribution in [0.15, 0.2) is 94.9 Å². The molecule has 48 heavy (non-hydrogen) atoms. The minimum absolute atomic E-state index is 0.00620. The number of pyridine rings is 2. The van der Waals surface area contributed by atoms with Gasteiger partial charge in [0, 0.05) is 31.0 Å². The Morgan fingerprint density at radius 1 is 0.917 bits per heavy atom. The number of benzene rings is 2. The Morgan fingerprint density at radius 3 is 2.44 bits per heavy atom. The largest absolute Gasteiger partial charge is 0.348 e. The predicted octanol–water partition coefficient (Wildman–Crippen LogP) is 5.12. The molecule has 0 atom stereocenters. The molecule has 0 unspecified atom stereocenters. The molecule has 1 aliphatic rings. The van der Waals surface area contributed by atoms with Crippen LogP contribution in [0.25, 0.3) is 33.5 Å². The number of amides is 1. The van der Waals surface area contributed by atoms with Crippen molar-refractivity contribution in [1.29, 1.82) is 0 Å². The molecule has 0 aliphatic heterocycles. The molecule has 1 fully saturated rings. The van der Waals surface area contributed by atoms with Gasteiger partial charge in [-0.15, -0.1) is 0 Å². The van der Waals surface area contributed by atoms with Crippen LogP contribution < -0.4 is 16.6 Å². The van der Waals surface area contributed by atoms with Crippen LogP contribution in [-0.2, 0) is 6.54 Å². The van der Waals surface area contributed by atoms with E-state index in [0.717, 1.165) is 35.5 Å². The third-order valence-electron chi connectivity index (χ3n) is 8.80. The molecule has 4 aromatic heterocycles. The van der Waals surface area contributed by atoms with Crippen LogP contribution in [0, 0.1) is 11.6 Å². The van der Waals surface area contributed by atoms with Crippen molar-refractivity contribution >= 4 is 22.6 Å². The summed E-state index contributed by atoms with van der Waals surface area (Å²) in [6.45, 7) is 0.770. The second kappa shape index (κ2) is 12.6. The molecule has 0 radical (unpaired) electrons. The minimum atomic E-state index is -0.677. The van der Waals surface area contributed by atoms with E-state index in [4.69, 9.17) is 0 Å². The van der Waals surface area contributed by atoms with E-state index < -0.39 is 28.9 Å². The van der Waals surface area contributed by atoms with E-state index in [1.165, 1.54) is 38.1 Å². The van der Waals surface area contributed by atoms with Gasteiger partial charge in [-0.25, -0.2) is 28.1 Å². The Kier molecular flexibility index (Phi) is 8.17. The fraction of sp³-hybridized carbons (Fsp3) is 0.250. The van der Waals surface area contributed by atoms with Crippen molar-refractivity contribution < 1.29 is 13.6 Å². The van der Waals surface area contributed by atoms with E-state index in [1.54, 1.807) is 6.07 Å². The smallest absolute Gasteiger partial charge is 0.337 e. The van der Waals surface area contributed by atoms with E-state index in [2.05, 4.69) is 32.3 Å². The normalized spacial score (nSPS) is 16.5. The summed E-state index contributed by atoms with van der Waals surface area (Å²) >= 11 is 0. The molecular weight excluding hydrogens is 616 g/mol. The van der Waals surface area contributed by atoms with Crippen LogP contribution in [0.4, 0.5) is 8.78 Å².